The van der Waals surface area contributed by atoms with Gasteiger partial charge >= 0.3 is 12.0 Å². The molecule has 1 fully saturated rings. The number of anilines is 1. The zero-order chi connectivity index (χ0) is 20.9. The number of aliphatic carboxylic acids is 1. The molecule has 1 atom stereocenters. The lowest BCUT2D eigenvalue weighted by molar-refractivity contribution is -0.138. The number of carbonyl (C=O) groups excluding carboxylic acids is 1. The van der Waals surface area contributed by atoms with E-state index in [2.05, 4.69) is 31.1 Å². The van der Waals surface area contributed by atoms with Gasteiger partial charge in [-0.15, -0.1) is 0 Å². The lowest BCUT2D eigenvalue weighted by Crippen LogP contribution is -2.49. The van der Waals surface area contributed by atoms with Crippen LogP contribution in [0.2, 0.25) is 0 Å². The zero-order valence-electron chi connectivity index (χ0n) is 17.5. The van der Waals surface area contributed by atoms with E-state index in [-0.39, 0.29) is 18.1 Å². The highest BCUT2D eigenvalue weighted by molar-refractivity contribution is 8.03. The first-order chi connectivity index (χ1) is 13.1. The van der Waals surface area contributed by atoms with Gasteiger partial charge in [-0.2, -0.15) is 0 Å². The van der Waals surface area contributed by atoms with Crippen molar-refractivity contribution in [3.05, 3.63) is 6.20 Å². The van der Waals surface area contributed by atoms with Gasteiger partial charge in [0.25, 0.3) is 0 Å². The average Bonchev–Trinajstić information content (AvgIpc) is 3.01. The van der Waals surface area contributed by atoms with Crippen LogP contribution in [0.3, 0.4) is 0 Å². The van der Waals surface area contributed by atoms with Crippen LogP contribution in [-0.4, -0.2) is 43.8 Å². The number of aromatic nitrogens is 1. The van der Waals surface area contributed by atoms with Gasteiger partial charge in [0.1, 0.15) is 4.75 Å². The van der Waals surface area contributed by atoms with Crippen LogP contribution in [0, 0.1) is 5.92 Å². The molecule has 1 aliphatic carbocycles. The lowest BCUT2D eigenvalue weighted by atomic mass is 9.92. The van der Waals surface area contributed by atoms with E-state index in [1.165, 1.54) is 42.4 Å². The Morgan fingerprint density at radius 3 is 2.54 bits per heavy atom. The van der Waals surface area contributed by atoms with Crippen molar-refractivity contribution >= 4 is 40.2 Å². The fraction of sp³-hybridized carbons (Fsp3) is 0.750. The summed E-state index contributed by atoms with van der Waals surface area (Å²) in [6.07, 6.45) is 8.31. The Morgan fingerprint density at radius 1 is 1.32 bits per heavy atom. The van der Waals surface area contributed by atoms with Crippen LogP contribution >= 0.6 is 23.1 Å². The van der Waals surface area contributed by atoms with E-state index in [4.69, 9.17) is 0 Å². The third-order valence-electron chi connectivity index (χ3n) is 5.06. The highest BCUT2D eigenvalue weighted by Gasteiger charge is 2.31. The number of nitrogens with one attached hydrogen (secondary N) is 1. The summed E-state index contributed by atoms with van der Waals surface area (Å²) >= 11 is 2.57. The fourth-order valence-corrected chi connectivity index (χ4v) is 5.96. The molecule has 6 nitrogen and oxygen atoms in total. The summed E-state index contributed by atoms with van der Waals surface area (Å²) in [7, 11) is 0. The number of urea groups is 1. The van der Waals surface area contributed by atoms with Crippen LogP contribution in [0.5, 0.6) is 0 Å². The number of nitrogens with zero attached hydrogens (tertiary/aromatic N) is 2. The summed E-state index contributed by atoms with van der Waals surface area (Å²) < 4.78 is -0.157. The van der Waals surface area contributed by atoms with Gasteiger partial charge in [0, 0.05) is 12.1 Å². The van der Waals surface area contributed by atoms with Crippen LogP contribution < -0.4 is 5.32 Å². The van der Waals surface area contributed by atoms with E-state index in [0.29, 0.717) is 11.0 Å². The molecule has 8 heteroatoms. The van der Waals surface area contributed by atoms with Crippen molar-refractivity contribution in [3.8, 4) is 0 Å². The number of carbonyl (C=O) groups is 2. The van der Waals surface area contributed by atoms with Crippen molar-refractivity contribution in [2.24, 2.45) is 5.92 Å². The standard InChI is InChI=1S/C20H33N3O3S2/c1-13(2)11-14(3)23(15-9-7-6-8-10-15)19(26)22-18-21-12-16(27-18)28-20(4,5)17(24)25/h12-15H,6-11H2,1-5H3,(H,24,25)(H,21,22,26). The minimum Gasteiger partial charge on any atom is -0.480 e. The van der Waals surface area contributed by atoms with Gasteiger partial charge < -0.3 is 10.0 Å². The number of carboxylic acid groups (broad SMARTS) is 1. The van der Waals surface area contributed by atoms with E-state index >= 15 is 0 Å². The summed E-state index contributed by atoms with van der Waals surface area (Å²) in [6.45, 7) is 9.82. The maximum absolute atomic E-state index is 13.1. The molecule has 1 saturated carbocycles. The highest BCUT2D eigenvalue weighted by Crippen LogP contribution is 2.37. The second kappa shape index (κ2) is 9.96. The molecule has 0 radical (unpaired) electrons. The number of carboxylic acids is 1. The summed E-state index contributed by atoms with van der Waals surface area (Å²) in [6, 6.07) is 0.355. The fourth-order valence-electron chi connectivity index (χ4n) is 3.70. The van der Waals surface area contributed by atoms with E-state index in [1.54, 1.807) is 20.0 Å². The van der Waals surface area contributed by atoms with E-state index in [0.717, 1.165) is 23.5 Å². The smallest absolute Gasteiger partial charge is 0.324 e. The number of hydrogen-bond donors (Lipinski definition) is 2. The number of rotatable bonds is 8. The van der Waals surface area contributed by atoms with Gasteiger partial charge in [-0.05, 0) is 46.0 Å². The summed E-state index contributed by atoms with van der Waals surface area (Å²) in [5.41, 5.74) is 0. The Kier molecular flexibility index (Phi) is 8.18. The monoisotopic (exact) mass is 427 g/mol. The van der Waals surface area contributed by atoms with Crippen LogP contribution in [0.15, 0.2) is 10.4 Å². The van der Waals surface area contributed by atoms with Crippen molar-refractivity contribution in [1.82, 2.24) is 9.88 Å². The number of amides is 2. The molecule has 1 aromatic heterocycles. The van der Waals surface area contributed by atoms with Gasteiger partial charge in [-0.3, -0.25) is 10.1 Å². The number of hydrogen-bond acceptors (Lipinski definition) is 5. The first-order valence-electron chi connectivity index (χ1n) is 10.1. The SMILES string of the molecule is CC(C)CC(C)N(C(=O)Nc1ncc(SC(C)(C)C(=O)O)s1)C1CCCCC1. The average molecular weight is 428 g/mol. The molecule has 1 aliphatic rings. The van der Waals surface area contributed by atoms with E-state index in [1.807, 2.05) is 4.90 Å². The van der Waals surface area contributed by atoms with E-state index < -0.39 is 10.7 Å². The number of thioether (sulfide) groups is 1. The molecule has 0 spiro atoms. The van der Waals surface area contributed by atoms with Gasteiger partial charge in [-0.25, -0.2) is 9.78 Å². The summed E-state index contributed by atoms with van der Waals surface area (Å²) in [5, 5.41) is 12.8. The summed E-state index contributed by atoms with van der Waals surface area (Å²) in [4.78, 5) is 30.8. The van der Waals surface area contributed by atoms with Crippen molar-refractivity contribution < 1.29 is 14.7 Å². The molecule has 0 aliphatic heterocycles. The normalized spacial score (nSPS) is 16.8. The van der Waals surface area contributed by atoms with E-state index in [9.17, 15) is 14.7 Å². The Labute approximate surface area is 176 Å². The van der Waals surface area contributed by atoms with Crippen LogP contribution in [0.1, 0.15) is 73.1 Å². The molecule has 2 rings (SSSR count). The molecule has 158 valence electrons. The molecule has 28 heavy (non-hydrogen) atoms. The molecule has 1 aromatic rings. The minimum absolute atomic E-state index is 0.0940. The molecule has 0 aromatic carbocycles. The van der Waals surface area contributed by atoms with Crippen LogP contribution in [-0.2, 0) is 4.79 Å². The topological polar surface area (TPSA) is 82.5 Å². The van der Waals surface area contributed by atoms with Crippen molar-refractivity contribution in [1.29, 1.82) is 0 Å². The molecular formula is C20H33N3O3S2. The molecule has 2 N–H and O–H groups in total. The van der Waals surface area contributed by atoms with Crippen molar-refractivity contribution in [3.63, 3.8) is 0 Å². The second-order valence-electron chi connectivity index (χ2n) is 8.51. The van der Waals surface area contributed by atoms with Gasteiger partial charge in [0.15, 0.2) is 5.13 Å². The Hall–Kier alpha value is -1.28. The largest absolute Gasteiger partial charge is 0.480 e. The van der Waals surface area contributed by atoms with Gasteiger partial charge in [0.05, 0.1) is 10.4 Å². The van der Waals surface area contributed by atoms with Gasteiger partial charge in [-0.1, -0.05) is 56.2 Å². The van der Waals surface area contributed by atoms with Gasteiger partial charge in [0.2, 0.25) is 0 Å². The zero-order valence-corrected chi connectivity index (χ0v) is 19.2. The number of thiazole rings is 1. The Morgan fingerprint density at radius 2 is 1.96 bits per heavy atom. The molecule has 1 unspecified atom stereocenters. The molecule has 0 saturated heterocycles. The lowest BCUT2D eigenvalue weighted by Gasteiger charge is -2.39. The van der Waals surface area contributed by atoms with Crippen molar-refractivity contribution in [2.45, 2.75) is 94.2 Å². The third-order valence-corrected chi connectivity index (χ3v) is 7.26. The molecule has 1 heterocycles. The predicted molar refractivity (Wildman–Crippen MR) is 116 cm³/mol. The van der Waals surface area contributed by atoms with Crippen molar-refractivity contribution in [2.75, 3.05) is 5.32 Å². The molecule has 2 amide bonds. The maximum atomic E-state index is 13.1. The third kappa shape index (κ3) is 6.37. The minimum atomic E-state index is -0.937. The maximum Gasteiger partial charge on any atom is 0.324 e. The summed E-state index contributed by atoms with van der Waals surface area (Å²) in [5.74, 6) is -0.350. The quantitative estimate of drug-likeness (QED) is 0.520. The highest BCUT2D eigenvalue weighted by atomic mass is 32.2. The predicted octanol–water partition coefficient (Wildman–Crippen LogP) is 5.70. The Balaban J connectivity index is 2.09. The first kappa shape index (κ1) is 23.0. The van der Waals surface area contributed by atoms with Crippen LogP contribution in [0.25, 0.3) is 0 Å². The molecule has 0 bridgehead atoms. The Bertz CT molecular complexity index is 669. The first-order valence-corrected chi connectivity index (χ1v) is 11.7. The second-order valence-corrected chi connectivity index (χ2v) is 11.5. The van der Waals surface area contributed by atoms with Crippen LogP contribution in [0.4, 0.5) is 9.93 Å². The molecular weight excluding hydrogens is 394 g/mol.